The van der Waals surface area contributed by atoms with Crippen LogP contribution in [0.15, 0.2) is 0 Å². The van der Waals surface area contributed by atoms with Gasteiger partial charge in [0.25, 0.3) is 10.1 Å². The van der Waals surface area contributed by atoms with Gasteiger partial charge in [0, 0.05) is 0 Å². The summed E-state index contributed by atoms with van der Waals surface area (Å²) in [5, 5.41) is 0. The van der Waals surface area contributed by atoms with Gasteiger partial charge < -0.3 is 0 Å². The maximum absolute atomic E-state index is 10.0. The topological polar surface area (TPSA) is 44.8 Å². The molecule has 0 aromatic heterocycles. The minimum absolute atomic E-state index is 0.340. The summed E-state index contributed by atoms with van der Waals surface area (Å²) in [6.45, 7) is 0. The van der Waals surface area contributed by atoms with Crippen LogP contribution in [-0.4, -0.2) is 4.21 Å². The van der Waals surface area contributed by atoms with Crippen LogP contribution < -0.4 is 0 Å². The monoisotopic (exact) mass is 198 g/mol. The summed E-state index contributed by atoms with van der Waals surface area (Å²) < 4.78 is 21.1. The molecule has 0 amide bonds. The molecule has 0 N–H and O–H groups in total. The van der Waals surface area contributed by atoms with Gasteiger partial charge in [0.05, 0.1) is 11.9 Å². The SMILES string of the molecule is O=S(OCl)SOOCl. The minimum atomic E-state index is -1.78. The van der Waals surface area contributed by atoms with Crippen LogP contribution in [-0.2, 0) is 22.6 Å². The number of halogens is 2. The second kappa shape index (κ2) is 6.09. The van der Waals surface area contributed by atoms with Crippen LogP contribution in [0, 0.1) is 0 Å². The van der Waals surface area contributed by atoms with Crippen molar-refractivity contribution in [2.24, 2.45) is 0 Å². The first-order chi connectivity index (χ1) is 3.81. The molecule has 0 fully saturated rings. The summed E-state index contributed by atoms with van der Waals surface area (Å²) in [5.41, 5.74) is 0. The second-order valence-corrected chi connectivity index (χ2v) is 3.00. The van der Waals surface area contributed by atoms with Crippen LogP contribution in [0.3, 0.4) is 0 Å². The fourth-order valence-corrected chi connectivity index (χ4v) is 0.771. The van der Waals surface area contributed by atoms with Crippen LogP contribution in [0.4, 0.5) is 0 Å². The standard InChI is InChI=1S/Cl2O4S2/c1-4-6-7-8(3)5-2. The van der Waals surface area contributed by atoms with Gasteiger partial charge in [-0.25, -0.2) is 4.21 Å². The maximum atomic E-state index is 10.0. The van der Waals surface area contributed by atoms with Crippen molar-refractivity contribution >= 4 is 44.9 Å². The van der Waals surface area contributed by atoms with Crippen molar-refractivity contribution in [1.29, 1.82) is 0 Å². The van der Waals surface area contributed by atoms with Gasteiger partial charge >= 0.3 is 0 Å². The minimum Gasteiger partial charge on any atom is -0.213 e. The predicted molar refractivity (Wildman–Crippen MR) is 30.7 cm³/mol. The van der Waals surface area contributed by atoms with Crippen LogP contribution in [0.1, 0.15) is 0 Å². The normalized spacial score (nSPS) is 13.8. The molecule has 1 unspecified atom stereocenters. The first-order valence-electron chi connectivity index (χ1n) is 1.14. The molecule has 0 aromatic carbocycles. The van der Waals surface area contributed by atoms with Crippen molar-refractivity contribution in [3.63, 3.8) is 0 Å². The lowest BCUT2D eigenvalue weighted by Crippen LogP contribution is -1.80. The fourth-order valence-electron chi connectivity index (χ4n) is 0.0437. The van der Waals surface area contributed by atoms with Crippen LogP contribution >= 0.6 is 34.8 Å². The van der Waals surface area contributed by atoms with E-state index in [0.29, 0.717) is 11.1 Å². The predicted octanol–water partition coefficient (Wildman–Crippen LogP) is 1.49. The fraction of sp³-hybridized carbons (Fsp3) is 0. The van der Waals surface area contributed by atoms with E-state index in [-0.39, 0.29) is 0 Å². The zero-order valence-electron chi connectivity index (χ0n) is 3.21. The molecule has 0 aliphatic rings. The van der Waals surface area contributed by atoms with Crippen molar-refractivity contribution < 1.29 is 16.7 Å². The summed E-state index contributed by atoms with van der Waals surface area (Å²) in [6.07, 6.45) is 0. The average Bonchev–Trinajstić information content (AvgIpc) is 1.83. The second-order valence-electron chi connectivity index (χ2n) is 0.466. The summed E-state index contributed by atoms with van der Waals surface area (Å²) in [6, 6.07) is 0. The number of hydrogen-bond donors (Lipinski definition) is 0. The van der Waals surface area contributed by atoms with Gasteiger partial charge in [-0.3, -0.25) is 0 Å². The lowest BCUT2D eigenvalue weighted by atomic mass is 14.9. The Balaban J connectivity index is 2.99. The van der Waals surface area contributed by atoms with Crippen LogP contribution in [0.5, 0.6) is 0 Å². The molecule has 0 rings (SSSR count). The molecule has 1 atom stereocenters. The highest BCUT2D eigenvalue weighted by atomic mass is 35.5. The van der Waals surface area contributed by atoms with E-state index in [2.05, 4.69) is 36.2 Å². The molecule has 0 aliphatic carbocycles. The van der Waals surface area contributed by atoms with E-state index in [1.165, 1.54) is 0 Å². The van der Waals surface area contributed by atoms with Gasteiger partial charge in [0.15, 0.2) is 11.1 Å². The molecule has 0 saturated heterocycles. The van der Waals surface area contributed by atoms with E-state index in [4.69, 9.17) is 0 Å². The highest BCUT2D eigenvalue weighted by Crippen LogP contribution is 2.12. The molecule has 8 heteroatoms. The lowest BCUT2D eigenvalue weighted by Gasteiger charge is -1.87. The lowest BCUT2D eigenvalue weighted by molar-refractivity contribution is -0.0661. The summed E-state index contributed by atoms with van der Waals surface area (Å²) in [5.74, 6) is 0. The highest BCUT2D eigenvalue weighted by Gasteiger charge is 1.99. The van der Waals surface area contributed by atoms with Gasteiger partial charge in [-0.15, -0.1) is 8.77 Å². The third-order valence-electron chi connectivity index (χ3n) is 0.160. The van der Waals surface area contributed by atoms with E-state index in [9.17, 15) is 4.21 Å². The Morgan fingerprint density at radius 1 is 1.50 bits per heavy atom. The largest absolute Gasteiger partial charge is 0.267 e. The quantitative estimate of drug-likeness (QED) is 0.297. The number of hydrogen-bond acceptors (Lipinski definition) is 5. The molecule has 0 spiro atoms. The molecule has 0 aliphatic heterocycles. The van der Waals surface area contributed by atoms with Crippen molar-refractivity contribution in [2.75, 3.05) is 0 Å². The van der Waals surface area contributed by atoms with Gasteiger partial charge in [-0.05, 0) is 0 Å². The number of rotatable bonds is 4. The zero-order chi connectivity index (χ0) is 6.41. The molecular weight excluding hydrogens is 199 g/mol. The molecule has 0 saturated carbocycles. The van der Waals surface area contributed by atoms with E-state index < -0.39 is 10.1 Å². The van der Waals surface area contributed by atoms with Gasteiger partial charge in [0.1, 0.15) is 11.9 Å². The Morgan fingerprint density at radius 2 is 2.12 bits per heavy atom. The van der Waals surface area contributed by atoms with E-state index in [0.717, 1.165) is 0 Å². The third-order valence-corrected chi connectivity index (χ3v) is 1.91. The Kier molecular flexibility index (Phi) is 6.82. The smallest absolute Gasteiger partial charge is 0.213 e. The highest BCUT2D eigenvalue weighted by molar-refractivity contribution is 8.65. The Labute approximate surface area is 61.9 Å². The first-order valence-corrected chi connectivity index (χ1v) is 4.09. The zero-order valence-corrected chi connectivity index (χ0v) is 6.35. The molecule has 4 nitrogen and oxygen atoms in total. The average molecular weight is 199 g/mol. The van der Waals surface area contributed by atoms with Gasteiger partial charge in [0.2, 0.25) is 0 Å². The van der Waals surface area contributed by atoms with Crippen molar-refractivity contribution in [3.8, 4) is 0 Å². The molecule has 0 aromatic rings. The van der Waals surface area contributed by atoms with Crippen LogP contribution in [0.2, 0.25) is 0 Å². The molecule has 0 radical (unpaired) electrons. The molecule has 8 heavy (non-hydrogen) atoms. The molecular formula is Cl2O4S2. The van der Waals surface area contributed by atoms with E-state index in [1.807, 2.05) is 0 Å². The third kappa shape index (κ3) is 5.10. The van der Waals surface area contributed by atoms with Crippen molar-refractivity contribution in [1.82, 2.24) is 0 Å². The summed E-state index contributed by atoms with van der Waals surface area (Å²) in [7, 11) is -1.78. The Hall–Kier alpha value is 0.960. The van der Waals surface area contributed by atoms with E-state index in [1.54, 1.807) is 0 Å². The van der Waals surface area contributed by atoms with E-state index >= 15 is 0 Å². The van der Waals surface area contributed by atoms with Gasteiger partial charge in [-0.2, -0.15) is 3.74 Å². The summed E-state index contributed by atoms with van der Waals surface area (Å²) in [4.78, 5) is 0. The molecule has 50 valence electrons. The Morgan fingerprint density at radius 3 is 2.50 bits per heavy atom. The first kappa shape index (κ1) is 8.96. The van der Waals surface area contributed by atoms with Crippen LogP contribution in [0.25, 0.3) is 0 Å². The summed E-state index contributed by atoms with van der Waals surface area (Å²) >= 11 is 9.45. The van der Waals surface area contributed by atoms with Gasteiger partial charge in [-0.1, -0.05) is 0 Å². The molecule has 0 heterocycles. The molecule has 0 bridgehead atoms. The maximum Gasteiger partial charge on any atom is 0.267 e. The van der Waals surface area contributed by atoms with Crippen molar-refractivity contribution in [3.05, 3.63) is 0 Å². The van der Waals surface area contributed by atoms with Crippen molar-refractivity contribution in [2.45, 2.75) is 0 Å². The Bertz CT molecular complexity index is 74.4.